The van der Waals surface area contributed by atoms with Gasteiger partial charge in [-0.05, 0) is 77.8 Å². The van der Waals surface area contributed by atoms with Gasteiger partial charge in [0.15, 0.2) is 0 Å². The number of carbonyl (C=O) groups excluding carboxylic acids is 1. The lowest BCUT2D eigenvalue weighted by atomic mass is 9.86. The molecule has 0 bridgehead atoms. The van der Waals surface area contributed by atoms with Crippen LogP contribution in [0.4, 0.5) is 0 Å². The summed E-state index contributed by atoms with van der Waals surface area (Å²) in [6.07, 6.45) is 2.33. The van der Waals surface area contributed by atoms with E-state index in [-0.39, 0.29) is 30.0 Å². The minimum absolute atomic E-state index is 0.0190. The van der Waals surface area contributed by atoms with E-state index in [2.05, 4.69) is 27.7 Å². The minimum atomic E-state index is -1.04. The van der Waals surface area contributed by atoms with Crippen LogP contribution in [0.3, 0.4) is 0 Å². The third kappa shape index (κ3) is 6.72. The molecule has 6 heteroatoms. The molecule has 37 heavy (non-hydrogen) atoms. The number of carboxylic acids is 1. The van der Waals surface area contributed by atoms with Crippen LogP contribution in [0.25, 0.3) is 0 Å². The molecule has 0 saturated carbocycles. The highest BCUT2D eigenvalue weighted by atomic mass is 35.5. The van der Waals surface area contributed by atoms with Gasteiger partial charge in [-0.3, -0.25) is 9.59 Å². The van der Waals surface area contributed by atoms with Crippen LogP contribution in [-0.4, -0.2) is 34.0 Å². The Kier molecular flexibility index (Phi) is 7.65. The number of carboxylic acid groups (broad SMARTS) is 1. The normalized spacial score (nSPS) is 17.0. The van der Waals surface area contributed by atoms with Crippen molar-refractivity contribution in [3.63, 3.8) is 0 Å². The van der Waals surface area contributed by atoms with Gasteiger partial charge in [0, 0.05) is 23.6 Å². The Labute approximate surface area is 224 Å². The number of halogens is 1. The number of hydrogen-bond donors (Lipinski definition) is 1. The molecule has 0 saturated heterocycles. The van der Waals surface area contributed by atoms with Crippen molar-refractivity contribution in [2.45, 2.75) is 64.5 Å². The summed E-state index contributed by atoms with van der Waals surface area (Å²) in [6.45, 7) is 8.38. The predicted octanol–water partition coefficient (Wildman–Crippen LogP) is 6.69. The Morgan fingerprint density at radius 3 is 2.27 bits per heavy atom. The predicted molar refractivity (Wildman–Crippen MR) is 146 cm³/mol. The van der Waals surface area contributed by atoms with E-state index in [1.54, 1.807) is 6.07 Å². The van der Waals surface area contributed by atoms with Crippen molar-refractivity contribution in [1.82, 2.24) is 4.90 Å². The maximum atomic E-state index is 13.4. The number of benzene rings is 3. The van der Waals surface area contributed by atoms with Crippen LogP contribution in [0, 0.1) is 0 Å². The first-order valence-electron chi connectivity index (χ1n) is 12.6. The second kappa shape index (κ2) is 10.6. The molecule has 5 nitrogen and oxygen atoms in total. The molecule has 1 atom stereocenters. The van der Waals surface area contributed by atoms with E-state index in [4.69, 9.17) is 16.3 Å². The summed E-state index contributed by atoms with van der Waals surface area (Å²) in [5, 5.41) is 10.2. The molecule has 0 aliphatic carbocycles. The first-order valence-corrected chi connectivity index (χ1v) is 13.0. The quantitative estimate of drug-likeness (QED) is 0.377. The summed E-state index contributed by atoms with van der Waals surface area (Å²) in [5.41, 5.74) is 4.32. The second-order valence-corrected chi connectivity index (χ2v) is 11.6. The first-order chi connectivity index (χ1) is 17.4. The van der Waals surface area contributed by atoms with E-state index in [0.717, 1.165) is 41.7 Å². The molecule has 0 unspecified atom stereocenters. The largest absolute Gasteiger partial charge is 0.487 e. The Morgan fingerprint density at radius 2 is 1.65 bits per heavy atom. The zero-order valence-electron chi connectivity index (χ0n) is 21.9. The van der Waals surface area contributed by atoms with Crippen LogP contribution >= 0.6 is 11.6 Å². The molecule has 3 aromatic carbocycles. The maximum absolute atomic E-state index is 13.4. The zero-order chi connectivity index (χ0) is 26.8. The summed E-state index contributed by atoms with van der Waals surface area (Å²) < 4.78 is 6.40. The Hall–Kier alpha value is -3.31. The lowest BCUT2D eigenvalue weighted by Gasteiger charge is -2.36. The van der Waals surface area contributed by atoms with Crippen molar-refractivity contribution in [3.05, 3.63) is 99.6 Å². The molecule has 194 valence electrons. The second-order valence-electron chi connectivity index (χ2n) is 11.2. The van der Waals surface area contributed by atoms with Gasteiger partial charge in [0.2, 0.25) is 0 Å². The van der Waals surface area contributed by atoms with Crippen molar-refractivity contribution in [3.8, 4) is 5.75 Å². The van der Waals surface area contributed by atoms with Gasteiger partial charge in [0.1, 0.15) is 17.9 Å². The summed E-state index contributed by atoms with van der Waals surface area (Å²) in [6, 6.07) is 21.2. The SMILES string of the molecule is CC(C)(C)c1ccc(CN(CC(=O)O)C(=O)c2ccc3c(c2)CC[C@@](C)(Cc2ccc(Cl)cc2)O3)cc1. The van der Waals surface area contributed by atoms with Gasteiger partial charge in [-0.25, -0.2) is 0 Å². The molecular weight excluding hydrogens is 486 g/mol. The fourth-order valence-electron chi connectivity index (χ4n) is 4.76. The van der Waals surface area contributed by atoms with Crippen LogP contribution in [0.5, 0.6) is 5.75 Å². The molecule has 3 aromatic rings. The fourth-order valence-corrected chi connectivity index (χ4v) is 4.88. The number of fused-ring (bicyclic) bond motifs is 1. The molecule has 4 rings (SSSR count). The summed E-state index contributed by atoms with van der Waals surface area (Å²) in [5.74, 6) is -0.583. The molecule has 1 aliphatic heterocycles. The van der Waals surface area contributed by atoms with Crippen LogP contribution in [0.1, 0.15) is 66.7 Å². The van der Waals surface area contributed by atoms with E-state index in [1.807, 2.05) is 60.7 Å². The van der Waals surface area contributed by atoms with E-state index >= 15 is 0 Å². The Balaban J connectivity index is 1.50. The molecule has 1 amide bonds. The van der Waals surface area contributed by atoms with Gasteiger partial charge in [-0.2, -0.15) is 0 Å². The van der Waals surface area contributed by atoms with Gasteiger partial charge in [0.05, 0.1) is 0 Å². The number of hydrogen-bond acceptors (Lipinski definition) is 3. The molecule has 1 aliphatic rings. The van der Waals surface area contributed by atoms with Crippen LogP contribution in [-0.2, 0) is 29.6 Å². The highest BCUT2D eigenvalue weighted by Crippen LogP contribution is 2.36. The Morgan fingerprint density at radius 1 is 1.00 bits per heavy atom. The standard InChI is InChI=1S/C31H34ClNO4/c1-30(2,3)25-10-5-22(6-11-25)19-33(20-28(34)35)29(36)24-9-14-27-23(17-24)15-16-31(4,37-27)18-21-7-12-26(32)13-8-21/h5-14,17H,15-16,18-20H2,1-4H3,(H,34,35)/t31-/m0/s1. The van der Waals surface area contributed by atoms with Gasteiger partial charge >= 0.3 is 5.97 Å². The average Bonchev–Trinajstić information content (AvgIpc) is 2.84. The van der Waals surface area contributed by atoms with Crippen LogP contribution in [0.15, 0.2) is 66.7 Å². The fraction of sp³-hybridized carbons (Fsp3) is 0.355. The number of amides is 1. The molecule has 1 heterocycles. The summed E-state index contributed by atoms with van der Waals surface area (Å²) in [7, 11) is 0. The smallest absolute Gasteiger partial charge is 0.323 e. The lowest BCUT2D eigenvalue weighted by Crippen LogP contribution is -2.39. The number of carbonyl (C=O) groups is 2. The van der Waals surface area contributed by atoms with Crippen LogP contribution in [0.2, 0.25) is 5.02 Å². The number of aryl methyl sites for hydroxylation is 1. The molecule has 0 aromatic heterocycles. The van der Waals surface area contributed by atoms with Crippen molar-refractivity contribution in [2.75, 3.05) is 6.54 Å². The monoisotopic (exact) mass is 519 g/mol. The molecular formula is C31H34ClNO4. The van der Waals surface area contributed by atoms with Crippen molar-refractivity contribution < 1.29 is 19.4 Å². The molecule has 0 fully saturated rings. The van der Waals surface area contributed by atoms with Gasteiger partial charge in [-0.15, -0.1) is 0 Å². The van der Waals surface area contributed by atoms with Crippen molar-refractivity contribution in [1.29, 1.82) is 0 Å². The third-order valence-electron chi connectivity index (χ3n) is 6.89. The number of aliphatic carboxylic acids is 1. The summed E-state index contributed by atoms with van der Waals surface area (Å²) in [4.78, 5) is 26.4. The molecule has 0 spiro atoms. The zero-order valence-corrected chi connectivity index (χ0v) is 22.6. The minimum Gasteiger partial charge on any atom is -0.487 e. The third-order valence-corrected chi connectivity index (χ3v) is 7.14. The van der Waals surface area contributed by atoms with E-state index in [0.29, 0.717) is 10.6 Å². The number of rotatable bonds is 7. The first kappa shape index (κ1) is 26.7. The van der Waals surface area contributed by atoms with Crippen molar-refractivity contribution in [2.24, 2.45) is 0 Å². The lowest BCUT2D eigenvalue weighted by molar-refractivity contribution is -0.137. The Bertz CT molecular complexity index is 1280. The van der Waals surface area contributed by atoms with E-state index in [1.165, 1.54) is 10.5 Å². The summed E-state index contributed by atoms with van der Waals surface area (Å²) >= 11 is 6.02. The van der Waals surface area contributed by atoms with Gasteiger partial charge < -0.3 is 14.7 Å². The maximum Gasteiger partial charge on any atom is 0.323 e. The highest BCUT2D eigenvalue weighted by Gasteiger charge is 2.32. The molecule has 1 N–H and O–H groups in total. The topological polar surface area (TPSA) is 66.8 Å². The molecule has 0 radical (unpaired) electrons. The average molecular weight is 520 g/mol. The van der Waals surface area contributed by atoms with Crippen LogP contribution < -0.4 is 4.74 Å². The van der Waals surface area contributed by atoms with E-state index in [9.17, 15) is 14.7 Å². The van der Waals surface area contributed by atoms with Gasteiger partial charge in [0.25, 0.3) is 5.91 Å². The van der Waals surface area contributed by atoms with Crippen molar-refractivity contribution >= 4 is 23.5 Å². The number of ether oxygens (including phenoxy) is 1. The number of nitrogens with zero attached hydrogens (tertiary/aromatic N) is 1. The van der Waals surface area contributed by atoms with E-state index < -0.39 is 5.97 Å². The van der Waals surface area contributed by atoms with Gasteiger partial charge in [-0.1, -0.05) is 68.8 Å². The highest BCUT2D eigenvalue weighted by molar-refractivity contribution is 6.30.